The first-order valence-corrected chi connectivity index (χ1v) is 14.1. The quantitative estimate of drug-likeness (QED) is 0.266. The molecular formula is C31H28ClN3O4S. The second-order valence-electron chi connectivity index (χ2n) is 10.5. The zero-order valence-electron chi connectivity index (χ0n) is 22.6. The molecule has 1 aliphatic heterocycles. The van der Waals surface area contributed by atoms with Crippen molar-refractivity contribution in [3.63, 3.8) is 0 Å². The molecule has 204 valence electrons. The first-order chi connectivity index (χ1) is 19.1. The first kappa shape index (κ1) is 26.3. The highest BCUT2D eigenvalue weighted by atomic mass is 35.5. The van der Waals surface area contributed by atoms with E-state index in [2.05, 4.69) is 6.58 Å². The van der Waals surface area contributed by atoms with Gasteiger partial charge >= 0.3 is 0 Å². The number of carbonyl (C=O) groups is 2. The molecule has 2 aliphatic rings. The van der Waals surface area contributed by atoms with Crippen LogP contribution < -0.4 is 9.64 Å². The standard InChI is InChI=1S/C31H28ClN3O4S/c1-6-17-10-12-21-29(37)35(30(38)31(21,3)26(17)19-8-7-9-23(39-5)27(19)36)25-15-22(33-34(25)4)28-16(2)20-14-18(32)11-13-24(20)40-28/h6-11,13-15,21,26,36H,1,12H2,2-5H3. The monoisotopic (exact) mass is 573 g/mol. The highest BCUT2D eigenvalue weighted by molar-refractivity contribution is 7.22. The fraction of sp³-hybridized carbons (Fsp3) is 0.258. The van der Waals surface area contributed by atoms with E-state index in [1.807, 2.05) is 38.1 Å². The van der Waals surface area contributed by atoms with Crippen LogP contribution in [0.1, 0.15) is 30.4 Å². The van der Waals surface area contributed by atoms with Crippen LogP contribution in [0.3, 0.4) is 0 Å². The van der Waals surface area contributed by atoms with Gasteiger partial charge in [-0.25, -0.2) is 4.90 Å². The van der Waals surface area contributed by atoms with Gasteiger partial charge in [-0.15, -0.1) is 11.3 Å². The molecule has 0 radical (unpaired) electrons. The second kappa shape index (κ2) is 9.35. The van der Waals surface area contributed by atoms with Crippen LogP contribution in [0.2, 0.25) is 5.02 Å². The molecule has 3 atom stereocenters. The lowest BCUT2D eigenvalue weighted by Gasteiger charge is -2.40. The molecule has 7 nitrogen and oxygen atoms in total. The number of para-hydroxylation sites is 1. The zero-order chi connectivity index (χ0) is 28.5. The molecular weight excluding hydrogens is 546 g/mol. The van der Waals surface area contributed by atoms with Crippen LogP contribution in [0.25, 0.3) is 20.7 Å². The lowest BCUT2D eigenvalue weighted by atomic mass is 9.60. The number of halogens is 1. The van der Waals surface area contributed by atoms with Crippen LogP contribution in [0.4, 0.5) is 5.82 Å². The molecule has 4 aromatic rings. The summed E-state index contributed by atoms with van der Waals surface area (Å²) >= 11 is 7.84. The lowest BCUT2D eigenvalue weighted by Crippen LogP contribution is -2.42. The summed E-state index contributed by atoms with van der Waals surface area (Å²) in [7, 11) is 3.22. The Labute approximate surface area is 240 Å². The number of carbonyl (C=O) groups excluding carboxylic acids is 2. The number of amides is 2. The summed E-state index contributed by atoms with van der Waals surface area (Å²) in [4.78, 5) is 30.6. The third kappa shape index (κ3) is 3.59. The number of hydrogen-bond donors (Lipinski definition) is 1. The van der Waals surface area contributed by atoms with Gasteiger partial charge in [0.05, 0.1) is 23.3 Å². The van der Waals surface area contributed by atoms with Crippen molar-refractivity contribution in [2.75, 3.05) is 12.0 Å². The number of methoxy groups -OCH3 is 1. The molecule has 3 heterocycles. The third-order valence-corrected chi connectivity index (χ3v) is 9.97. The number of aryl methyl sites for hydroxylation is 2. The molecule has 2 aromatic carbocycles. The fourth-order valence-electron chi connectivity index (χ4n) is 6.36. The fourth-order valence-corrected chi connectivity index (χ4v) is 7.68. The van der Waals surface area contributed by atoms with Gasteiger partial charge in [0.1, 0.15) is 11.5 Å². The van der Waals surface area contributed by atoms with Crippen LogP contribution in [-0.2, 0) is 16.6 Å². The van der Waals surface area contributed by atoms with Crippen LogP contribution >= 0.6 is 22.9 Å². The van der Waals surface area contributed by atoms with E-state index in [4.69, 9.17) is 21.4 Å². The summed E-state index contributed by atoms with van der Waals surface area (Å²) in [5, 5.41) is 17.5. The number of hydrogen-bond acceptors (Lipinski definition) is 6. The molecule has 0 spiro atoms. The molecule has 1 aliphatic carbocycles. The van der Waals surface area contributed by atoms with Gasteiger partial charge in [0.2, 0.25) is 11.8 Å². The van der Waals surface area contributed by atoms with Gasteiger partial charge in [0, 0.05) is 34.3 Å². The number of aromatic hydroxyl groups is 1. The Morgan fingerprint density at radius 2 is 2.02 bits per heavy atom. The molecule has 1 N–H and O–H groups in total. The number of aromatic nitrogens is 2. The highest BCUT2D eigenvalue weighted by Crippen LogP contribution is 2.58. The number of rotatable bonds is 5. The van der Waals surface area contributed by atoms with E-state index in [0.29, 0.717) is 34.3 Å². The number of phenols is 1. The van der Waals surface area contributed by atoms with Crippen molar-refractivity contribution in [3.8, 4) is 22.1 Å². The van der Waals surface area contributed by atoms with Crippen molar-refractivity contribution >= 4 is 50.7 Å². The topological polar surface area (TPSA) is 84.7 Å². The maximum absolute atomic E-state index is 14.4. The Morgan fingerprint density at radius 3 is 2.75 bits per heavy atom. The SMILES string of the molecule is C=CC1=CCC2C(=O)N(c3cc(-c4sc5ccc(Cl)cc5c4C)nn3C)C(=O)C2(C)C1c1cccc(OC)c1O. The van der Waals surface area contributed by atoms with Crippen molar-refractivity contribution in [2.45, 2.75) is 26.2 Å². The van der Waals surface area contributed by atoms with Gasteiger partial charge in [-0.2, -0.15) is 5.10 Å². The molecule has 1 saturated heterocycles. The summed E-state index contributed by atoms with van der Waals surface area (Å²) in [5.74, 6) is -1.18. The highest BCUT2D eigenvalue weighted by Gasteiger charge is 2.63. The van der Waals surface area contributed by atoms with Gasteiger partial charge in [0.15, 0.2) is 11.5 Å². The molecule has 3 unspecified atom stereocenters. The van der Waals surface area contributed by atoms with Crippen molar-refractivity contribution < 1.29 is 19.4 Å². The molecule has 1 fully saturated rings. The largest absolute Gasteiger partial charge is 0.504 e. The average Bonchev–Trinajstić information content (AvgIpc) is 3.53. The van der Waals surface area contributed by atoms with E-state index in [-0.39, 0.29) is 17.6 Å². The Hall–Kier alpha value is -3.88. The minimum absolute atomic E-state index is 0.0496. The number of phenolic OH excluding ortho intramolecular Hbond substituents is 1. The number of imide groups is 1. The summed E-state index contributed by atoms with van der Waals surface area (Å²) in [6.07, 6.45) is 4.03. The van der Waals surface area contributed by atoms with Gasteiger partial charge in [0.25, 0.3) is 0 Å². The summed E-state index contributed by atoms with van der Waals surface area (Å²) in [6, 6.07) is 12.8. The molecule has 2 amide bonds. The normalized spacial score (nSPS) is 22.5. The number of benzene rings is 2. The van der Waals surface area contributed by atoms with E-state index >= 15 is 0 Å². The van der Waals surface area contributed by atoms with E-state index in [9.17, 15) is 14.7 Å². The number of fused-ring (bicyclic) bond motifs is 2. The second-order valence-corrected chi connectivity index (χ2v) is 12.0. The predicted octanol–water partition coefficient (Wildman–Crippen LogP) is 6.77. The van der Waals surface area contributed by atoms with Crippen molar-refractivity contribution in [2.24, 2.45) is 18.4 Å². The molecule has 2 aromatic heterocycles. The maximum atomic E-state index is 14.4. The van der Waals surface area contributed by atoms with E-state index < -0.39 is 17.3 Å². The summed E-state index contributed by atoms with van der Waals surface area (Å²) in [6.45, 7) is 7.81. The Kier molecular flexibility index (Phi) is 6.16. The Morgan fingerprint density at radius 1 is 1.25 bits per heavy atom. The minimum Gasteiger partial charge on any atom is -0.504 e. The first-order valence-electron chi connectivity index (χ1n) is 12.9. The van der Waals surface area contributed by atoms with Crippen molar-refractivity contribution in [3.05, 3.63) is 82.9 Å². The molecule has 40 heavy (non-hydrogen) atoms. The van der Waals surface area contributed by atoms with Crippen LogP contribution in [-0.4, -0.2) is 33.8 Å². The van der Waals surface area contributed by atoms with Crippen LogP contribution in [0.5, 0.6) is 11.5 Å². The van der Waals surface area contributed by atoms with Gasteiger partial charge in [-0.1, -0.05) is 42.5 Å². The summed E-state index contributed by atoms with van der Waals surface area (Å²) in [5.41, 5.74) is 1.87. The van der Waals surface area contributed by atoms with Crippen LogP contribution in [0, 0.1) is 18.3 Å². The minimum atomic E-state index is -1.16. The van der Waals surface area contributed by atoms with Crippen LogP contribution in [0.15, 0.2) is 66.8 Å². The Balaban J connectivity index is 1.46. The zero-order valence-corrected chi connectivity index (χ0v) is 24.1. The van der Waals surface area contributed by atoms with Gasteiger partial charge in [-0.3, -0.25) is 14.3 Å². The molecule has 0 saturated carbocycles. The van der Waals surface area contributed by atoms with Gasteiger partial charge in [-0.05, 0) is 61.1 Å². The Bertz CT molecular complexity index is 1770. The predicted molar refractivity (Wildman–Crippen MR) is 158 cm³/mol. The number of ether oxygens (including phenoxy) is 1. The molecule has 6 rings (SSSR count). The average molecular weight is 574 g/mol. The van der Waals surface area contributed by atoms with E-state index in [1.54, 1.807) is 53.4 Å². The van der Waals surface area contributed by atoms with Crippen molar-refractivity contribution in [1.82, 2.24) is 9.78 Å². The van der Waals surface area contributed by atoms with Crippen molar-refractivity contribution in [1.29, 1.82) is 0 Å². The number of thiophene rings is 1. The number of allylic oxidation sites excluding steroid dienone is 3. The summed E-state index contributed by atoms with van der Waals surface area (Å²) < 4.78 is 8.02. The maximum Gasteiger partial charge on any atom is 0.242 e. The smallest absolute Gasteiger partial charge is 0.242 e. The third-order valence-electron chi connectivity index (χ3n) is 8.44. The molecule has 0 bridgehead atoms. The van der Waals surface area contributed by atoms with Gasteiger partial charge < -0.3 is 9.84 Å². The molecule has 9 heteroatoms. The number of nitrogens with zero attached hydrogens (tertiary/aromatic N) is 3. The number of anilines is 1. The van der Waals surface area contributed by atoms with E-state index in [0.717, 1.165) is 26.1 Å². The lowest BCUT2D eigenvalue weighted by molar-refractivity contribution is -0.127. The van der Waals surface area contributed by atoms with E-state index in [1.165, 1.54) is 12.0 Å².